The zero-order chi connectivity index (χ0) is 21.2. The number of H-pyrrole nitrogens is 1. The molecule has 4 N–H and O–H groups in total. The van der Waals surface area contributed by atoms with Crippen molar-refractivity contribution in [3.63, 3.8) is 0 Å². The van der Waals surface area contributed by atoms with E-state index >= 15 is 0 Å². The summed E-state index contributed by atoms with van der Waals surface area (Å²) in [5, 5.41) is 9.48. The summed E-state index contributed by atoms with van der Waals surface area (Å²) in [6.45, 7) is 5.25. The molecule has 2 heterocycles. The van der Waals surface area contributed by atoms with Crippen LogP contribution in [-0.2, 0) is 4.74 Å². The zero-order valence-electron chi connectivity index (χ0n) is 16.4. The Morgan fingerprint density at radius 1 is 1.21 bits per heavy atom. The molecule has 1 aromatic carbocycles. The first-order valence-electron chi connectivity index (χ1n) is 8.77. The number of rotatable bonds is 4. The van der Waals surface area contributed by atoms with E-state index in [-0.39, 0.29) is 10.7 Å². The van der Waals surface area contributed by atoms with Crippen LogP contribution in [0.3, 0.4) is 0 Å². The van der Waals surface area contributed by atoms with Crippen molar-refractivity contribution in [1.82, 2.24) is 9.97 Å². The fraction of sp³-hybridized carbons (Fsp3) is 0.263. The van der Waals surface area contributed by atoms with Gasteiger partial charge in [0.25, 0.3) is 11.5 Å². The van der Waals surface area contributed by atoms with E-state index in [9.17, 15) is 14.4 Å². The highest BCUT2D eigenvalue weighted by Gasteiger charge is 2.18. The Morgan fingerprint density at radius 2 is 1.97 bits per heavy atom. The Labute approximate surface area is 170 Å². The summed E-state index contributed by atoms with van der Waals surface area (Å²) in [7, 11) is 1.75. The van der Waals surface area contributed by atoms with Crippen molar-refractivity contribution in [1.29, 1.82) is 0 Å². The largest absolute Gasteiger partial charge is 0.444 e. The van der Waals surface area contributed by atoms with Gasteiger partial charge in [0.05, 0.1) is 17.4 Å². The van der Waals surface area contributed by atoms with Crippen LogP contribution in [0.1, 0.15) is 31.1 Å². The van der Waals surface area contributed by atoms with Gasteiger partial charge >= 0.3 is 6.09 Å². The van der Waals surface area contributed by atoms with Gasteiger partial charge in [-0.2, -0.15) is 0 Å². The van der Waals surface area contributed by atoms with Crippen LogP contribution in [0.25, 0.3) is 10.9 Å². The Morgan fingerprint density at radius 3 is 2.66 bits per heavy atom. The van der Waals surface area contributed by atoms with E-state index in [4.69, 9.17) is 4.74 Å². The first kappa shape index (κ1) is 20.3. The number of benzene rings is 1. The quantitative estimate of drug-likeness (QED) is 0.516. The van der Waals surface area contributed by atoms with E-state index in [0.717, 1.165) is 22.4 Å². The number of ether oxygens (including phenoxy) is 1. The number of para-hydroxylation sites is 1. The maximum absolute atomic E-state index is 12.6. The van der Waals surface area contributed by atoms with Gasteiger partial charge in [-0.3, -0.25) is 14.9 Å². The lowest BCUT2D eigenvalue weighted by atomic mass is 10.1. The van der Waals surface area contributed by atoms with Gasteiger partial charge in [-0.05, 0) is 32.9 Å². The van der Waals surface area contributed by atoms with Crippen molar-refractivity contribution in [2.24, 2.45) is 0 Å². The van der Waals surface area contributed by atoms with E-state index in [1.165, 1.54) is 12.3 Å². The Balaban J connectivity index is 1.76. The second kappa shape index (κ2) is 7.92. The molecule has 0 aliphatic carbocycles. The minimum absolute atomic E-state index is 0.0270. The summed E-state index contributed by atoms with van der Waals surface area (Å²) >= 11 is 1.05. The predicted molar refractivity (Wildman–Crippen MR) is 114 cm³/mol. The van der Waals surface area contributed by atoms with Gasteiger partial charge in [0.15, 0.2) is 5.13 Å². The molecule has 0 atom stereocenters. The van der Waals surface area contributed by atoms with Crippen molar-refractivity contribution in [3.05, 3.63) is 46.4 Å². The van der Waals surface area contributed by atoms with Gasteiger partial charge < -0.3 is 20.4 Å². The molecule has 0 bridgehead atoms. The minimum atomic E-state index is -0.643. The third-order valence-electron chi connectivity index (χ3n) is 3.74. The predicted octanol–water partition coefficient (Wildman–Crippen LogP) is 3.63. The Hall–Kier alpha value is -3.40. The van der Waals surface area contributed by atoms with Crippen LogP contribution in [0.2, 0.25) is 0 Å². The molecule has 0 saturated carbocycles. The molecule has 3 rings (SSSR count). The Bertz CT molecular complexity index is 1130. The van der Waals surface area contributed by atoms with Crippen LogP contribution in [-0.4, -0.2) is 34.6 Å². The fourth-order valence-electron chi connectivity index (χ4n) is 2.57. The lowest BCUT2D eigenvalue weighted by Gasteiger charge is -2.18. The molecule has 0 unspecified atom stereocenters. The second-order valence-corrected chi connectivity index (χ2v) is 8.17. The summed E-state index contributed by atoms with van der Waals surface area (Å²) in [5.74, 6) is -0.574. The molecule has 3 aromatic rings. The normalized spacial score (nSPS) is 11.2. The maximum Gasteiger partial charge on any atom is 0.413 e. The van der Waals surface area contributed by atoms with Crippen LogP contribution >= 0.6 is 11.3 Å². The summed E-state index contributed by atoms with van der Waals surface area (Å²) in [4.78, 5) is 43.5. The summed E-state index contributed by atoms with van der Waals surface area (Å²) in [6.07, 6.45) is 0.750. The lowest BCUT2D eigenvalue weighted by Crippen LogP contribution is -2.27. The highest BCUT2D eigenvalue weighted by molar-refractivity contribution is 7.19. The number of fused-ring (bicyclic) bond motifs is 1. The van der Waals surface area contributed by atoms with Crippen LogP contribution < -0.4 is 21.5 Å². The van der Waals surface area contributed by atoms with Crippen molar-refractivity contribution < 1.29 is 14.3 Å². The van der Waals surface area contributed by atoms with E-state index in [1.54, 1.807) is 33.9 Å². The van der Waals surface area contributed by atoms with Gasteiger partial charge in [0.1, 0.15) is 16.2 Å². The molecular weight excluding hydrogens is 394 g/mol. The molecule has 9 nitrogen and oxygen atoms in total. The monoisotopic (exact) mass is 415 g/mol. The van der Waals surface area contributed by atoms with Crippen LogP contribution in [0.15, 0.2) is 35.3 Å². The number of aromatic nitrogens is 2. The molecule has 0 fully saturated rings. The smallest absolute Gasteiger partial charge is 0.413 e. The standard InChI is InChI=1S/C19H21N5O4S/c1-19(2,3)28-18(27)24-17-21-9-13(29-17)22-15(25)11-8-10-6-5-7-12(20-4)14(10)23-16(11)26/h5-9,20H,1-4H3,(H,22,25)(H,23,26)(H,21,24,27). The number of amides is 2. The van der Waals surface area contributed by atoms with Crippen LogP contribution in [0.4, 0.5) is 20.6 Å². The van der Waals surface area contributed by atoms with Gasteiger partial charge in [0.2, 0.25) is 0 Å². The molecule has 0 aliphatic rings. The molecule has 2 aromatic heterocycles. The molecule has 0 spiro atoms. The number of hydrogen-bond donors (Lipinski definition) is 4. The molecule has 2 amide bonds. The summed E-state index contributed by atoms with van der Waals surface area (Å²) in [6, 6.07) is 6.99. The topological polar surface area (TPSA) is 125 Å². The number of nitrogens with one attached hydrogen (secondary N) is 4. The number of pyridine rings is 1. The zero-order valence-corrected chi connectivity index (χ0v) is 17.2. The number of carbonyl (C=O) groups excluding carboxylic acids is 2. The second-order valence-electron chi connectivity index (χ2n) is 7.14. The SMILES string of the molecule is CNc1cccc2cc(C(=O)Nc3cnc(NC(=O)OC(C)(C)C)s3)c(=O)[nH]c12. The first-order chi connectivity index (χ1) is 13.7. The third-order valence-corrected chi connectivity index (χ3v) is 4.57. The highest BCUT2D eigenvalue weighted by atomic mass is 32.1. The van der Waals surface area contributed by atoms with Crippen LogP contribution in [0.5, 0.6) is 0 Å². The molecule has 0 saturated heterocycles. The average Bonchev–Trinajstić information content (AvgIpc) is 3.05. The van der Waals surface area contributed by atoms with E-state index in [1.807, 2.05) is 12.1 Å². The molecular formula is C19H21N5O4S. The molecule has 152 valence electrons. The first-order valence-corrected chi connectivity index (χ1v) is 9.59. The summed E-state index contributed by atoms with van der Waals surface area (Å²) < 4.78 is 5.16. The van der Waals surface area contributed by atoms with E-state index in [2.05, 4.69) is 25.9 Å². The number of anilines is 3. The molecule has 10 heteroatoms. The van der Waals surface area contributed by atoms with Gasteiger partial charge in [-0.25, -0.2) is 9.78 Å². The van der Waals surface area contributed by atoms with Gasteiger partial charge in [-0.15, -0.1) is 0 Å². The average molecular weight is 415 g/mol. The maximum atomic E-state index is 12.6. The number of aromatic amines is 1. The van der Waals surface area contributed by atoms with Crippen molar-refractivity contribution in [3.8, 4) is 0 Å². The molecule has 0 radical (unpaired) electrons. The minimum Gasteiger partial charge on any atom is -0.444 e. The van der Waals surface area contributed by atoms with Crippen molar-refractivity contribution in [2.75, 3.05) is 23.0 Å². The fourth-order valence-corrected chi connectivity index (χ4v) is 3.27. The number of thiazole rings is 1. The van der Waals surface area contributed by atoms with Crippen molar-refractivity contribution >= 4 is 50.1 Å². The lowest BCUT2D eigenvalue weighted by molar-refractivity contribution is 0.0635. The van der Waals surface area contributed by atoms with Gasteiger partial charge in [0, 0.05) is 12.4 Å². The van der Waals surface area contributed by atoms with E-state index in [0.29, 0.717) is 10.5 Å². The molecule has 0 aliphatic heterocycles. The Kier molecular flexibility index (Phi) is 5.55. The number of nitrogens with zero attached hydrogens (tertiary/aromatic N) is 1. The molecule has 29 heavy (non-hydrogen) atoms. The summed E-state index contributed by atoms with van der Waals surface area (Å²) in [5.41, 5.74) is 0.211. The van der Waals surface area contributed by atoms with Crippen LogP contribution in [0, 0.1) is 0 Å². The number of hydrogen-bond acceptors (Lipinski definition) is 7. The van der Waals surface area contributed by atoms with E-state index < -0.39 is 23.2 Å². The highest BCUT2D eigenvalue weighted by Crippen LogP contribution is 2.25. The number of carbonyl (C=O) groups is 2. The third kappa shape index (κ3) is 4.91. The van der Waals surface area contributed by atoms with Gasteiger partial charge in [-0.1, -0.05) is 23.5 Å². The van der Waals surface area contributed by atoms with Crippen molar-refractivity contribution in [2.45, 2.75) is 26.4 Å².